The van der Waals surface area contributed by atoms with Crippen molar-refractivity contribution < 1.29 is 29.3 Å². The molecule has 0 radical (unpaired) electrons. The summed E-state index contributed by atoms with van der Waals surface area (Å²) in [6.45, 7) is 1.14. The Kier molecular flexibility index (Phi) is 7.29. The molecular weight excluding hydrogens is 399 g/mol. The molecule has 1 amide bonds. The molecule has 0 spiro atoms. The molecule has 1 aliphatic heterocycles. The molecule has 1 saturated heterocycles. The Morgan fingerprint density at radius 2 is 1.74 bits per heavy atom. The number of carbonyl (C=O) groups is 3. The molecule has 0 bridgehead atoms. The molecule has 0 aliphatic carbocycles. The van der Waals surface area contributed by atoms with Gasteiger partial charge >= 0.3 is 12.1 Å². The van der Waals surface area contributed by atoms with Gasteiger partial charge in [-0.15, -0.1) is 0 Å². The lowest BCUT2D eigenvalue weighted by Crippen LogP contribution is -2.58. The second-order valence-electron chi connectivity index (χ2n) is 6.27. The molecule has 148 valence electrons. The molecule has 0 atom stereocenters. The van der Waals surface area contributed by atoms with Crippen molar-refractivity contribution in [1.82, 2.24) is 10.2 Å². The number of aliphatic carboxylic acids is 1. The van der Waals surface area contributed by atoms with Gasteiger partial charge in [0.05, 0.1) is 12.8 Å². The van der Waals surface area contributed by atoms with Crippen molar-refractivity contribution in [2.45, 2.75) is 31.4 Å². The molecule has 2 rings (SSSR count). The molecule has 1 aromatic rings. The van der Waals surface area contributed by atoms with Gasteiger partial charge in [0.2, 0.25) is 5.91 Å². The fraction of sp³-hybridized carbons (Fsp3) is 0.471. The quantitative estimate of drug-likeness (QED) is 0.460. The van der Waals surface area contributed by atoms with Crippen molar-refractivity contribution in [2.24, 2.45) is 0 Å². The molecule has 1 aliphatic rings. The van der Waals surface area contributed by atoms with Crippen molar-refractivity contribution in [3.8, 4) is 0 Å². The van der Waals surface area contributed by atoms with Crippen molar-refractivity contribution in [2.75, 3.05) is 19.6 Å². The van der Waals surface area contributed by atoms with Crippen LogP contribution in [0, 0.1) is 0 Å². The highest BCUT2D eigenvalue weighted by Crippen LogP contribution is 2.27. The predicted molar refractivity (Wildman–Crippen MR) is 98.1 cm³/mol. The Morgan fingerprint density at radius 1 is 1.15 bits per heavy atom. The normalized spacial score (nSPS) is 16.5. The monoisotopic (exact) mass is 418 g/mol. The summed E-state index contributed by atoms with van der Waals surface area (Å²) >= 11 is 12.1. The van der Waals surface area contributed by atoms with E-state index in [9.17, 15) is 14.4 Å². The average Bonchev–Trinajstić information content (AvgIpc) is 2.57. The van der Waals surface area contributed by atoms with Crippen LogP contribution in [0.1, 0.15) is 24.8 Å². The molecule has 1 fully saturated rings. The maximum atomic E-state index is 12.5. The van der Waals surface area contributed by atoms with Crippen LogP contribution in [0.3, 0.4) is 0 Å². The van der Waals surface area contributed by atoms with E-state index in [1.165, 1.54) is 0 Å². The number of carbonyl (C=O) groups excluding carboxylic acids is 1. The standard InChI is InChI=1S/C17H20Cl2N2O6/c18-12-2-1-3-13(19)11(12)10-14(22)20-17(27-16(25)26)5-8-21(9-6-17)7-4-15(23)24/h1-3H,4-10H2,(H,20,22)(H,23,24)(H,25,26). The summed E-state index contributed by atoms with van der Waals surface area (Å²) in [5.41, 5.74) is -0.918. The van der Waals surface area contributed by atoms with Gasteiger partial charge in [0.15, 0.2) is 5.72 Å². The summed E-state index contributed by atoms with van der Waals surface area (Å²) in [4.78, 5) is 36.2. The van der Waals surface area contributed by atoms with Crippen LogP contribution in [0.2, 0.25) is 10.0 Å². The Morgan fingerprint density at radius 3 is 2.26 bits per heavy atom. The van der Waals surface area contributed by atoms with Gasteiger partial charge in [-0.3, -0.25) is 9.59 Å². The molecule has 27 heavy (non-hydrogen) atoms. The van der Waals surface area contributed by atoms with Crippen molar-refractivity contribution in [3.63, 3.8) is 0 Å². The van der Waals surface area contributed by atoms with Crippen LogP contribution in [0.15, 0.2) is 18.2 Å². The van der Waals surface area contributed by atoms with Crippen LogP contribution in [0.4, 0.5) is 4.79 Å². The van der Waals surface area contributed by atoms with Crippen LogP contribution in [0.25, 0.3) is 0 Å². The van der Waals surface area contributed by atoms with Gasteiger partial charge < -0.3 is 25.2 Å². The van der Waals surface area contributed by atoms with E-state index in [1.807, 2.05) is 4.90 Å². The minimum absolute atomic E-state index is 0.00977. The first-order chi connectivity index (χ1) is 12.7. The van der Waals surface area contributed by atoms with E-state index in [2.05, 4.69) is 5.32 Å². The van der Waals surface area contributed by atoms with Crippen LogP contribution in [0.5, 0.6) is 0 Å². The number of carboxylic acid groups (broad SMARTS) is 2. The van der Waals surface area contributed by atoms with Crippen molar-refractivity contribution in [3.05, 3.63) is 33.8 Å². The van der Waals surface area contributed by atoms with E-state index in [0.717, 1.165) is 0 Å². The number of nitrogens with zero attached hydrogens (tertiary/aromatic N) is 1. The Hall–Kier alpha value is -2.03. The lowest BCUT2D eigenvalue weighted by Gasteiger charge is -2.40. The first-order valence-electron chi connectivity index (χ1n) is 8.31. The first kappa shape index (κ1) is 21.3. The highest BCUT2D eigenvalue weighted by molar-refractivity contribution is 6.36. The number of carboxylic acids is 1. The number of hydrogen-bond acceptors (Lipinski definition) is 5. The fourth-order valence-electron chi connectivity index (χ4n) is 2.97. The topological polar surface area (TPSA) is 116 Å². The first-order valence-corrected chi connectivity index (χ1v) is 9.06. The maximum Gasteiger partial charge on any atom is 0.507 e. The lowest BCUT2D eigenvalue weighted by molar-refractivity contribution is -0.137. The second kappa shape index (κ2) is 9.25. The number of amides is 1. The zero-order chi connectivity index (χ0) is 20.0. The van der Waals surface area contributed by atoms with Crippen molar-refractivity contribution in [1.29, 1.82) is 0 Å². The smallest absolute Gasteiger partial charge is 0.481 e. The molecule has 10 heteroatoms. The number of likely N-dealkylation sites (tertiary alicyclic amines) is 1. The number of hydrogen-bond donors (Lipinski definition) is 3. The zero-order valence-corrected chi connectivity index (χ0v) is 15.9. The summed E-state index contributed by atoms with van der Waals surface area (Å²) in [7, 11) is 0. The van der Waals surface area contributed by atoms with Gasteiger partial charge in [0.25, 0.3) is 0 Å². The third-order valence-corrected chi connectivity index (χ3v) is 5.06. The van der Waals surface area contributed by atoms with Gasteiger partial charge in [0.1, 0.15) is 0 Å². The molecular formula is C17H20Cl2N2O6. The SMILES string of the molecule is O=C(O)CCN1CCC(NC(=O)Cc2c(Cl)cccc2Cl)(OC(=O)O)CC1. The van der Waals surface area contributed by atoms with E-state index in [4.69, 9.17) is 38.2 Å². The number of benzene rings is 1. The van der Waals surface area contributed by atoms with E-state index < -0.39 is 23.8 Å². The summed E-state index contributed by atoms with van der Waals surface area (Å²) < 4.78 is 5.00. The fourth-order valence-corrected chi connectivity index (χ4v) is 3.50. The Labute approximate surface area is 166 Å². The highest BCUT2D eigenvalue weighted by Gasteiger charge is 2.40. The number of halogens is 2. The van der Waals surface area contributed by atoms with Gasteiger partial charge in [-0.05, 0) is 17.7 Å². The predicted octanol–water partition coefficient (Wildman–Crippen LogP) is 2.61. The minimum atomic E-state index is -1.50. The molecule has 3 N–H and O–H groups in total. The third-order valence-electron chi connectivity index (χ3n) is 4.35. The highest BCUT2D eigenvalue weighted by atomic mass is 35.5. The summed E-state index contributed by atoms with van der Waals surface area (Å²) in [6, 6.07) is 4.88. The van der Waals surface area contributed by atoms with Crippen LogP contribution >= 0.6 is 23.2 Å². The van der Waals surface area contributed by atoms with Crippen LogP contribution in [-0.4, -0.2) is 58.5 Å². The molecule has 0 aromatic heterocycles. The van der Waals surface area contributed by atoms with E-state index in [-0.39, 0.29) is 25.7 Å². The zero-order valence-electron chi connectivity index (χ0n) is 14.4. The molecule has 8 nitrogen and oxygen atoms in total. The van der Waals surface area contributed by atoms with Gasteiger partial charge in [-0.2, -0.15) is 0 Å². The third kappa shape index (κ3) is 6.27. The average molecular weight is 419 g/mol. The van der Waals surface area contributed by atoms with E-state index in [0.29, 0.717) is 35.2 Å². The lowest BCUT2D eigenvalue weighted by atomic mass is 9.99. The molecule has 1 aromatic carbocycles. The van der Waals surface area contributed by atoms with Gasteiger partial charge in [0, 0.05) is 42.5 Å². The minimum Gasteiger partial charge on any atom is -0.481 e. The summed E-state index contributed by atoms with van der Waals surface area (Å²) in [5.74, 6) is -1.37. The number of rotatable bonds is 7. The summed E-state index contributed by atoms with van der Waals surface area (Å²) in [6.07, 6.45) is -1.21. The van der Waals surface area contributed by atoms with Gasteiger partial charge in [-0.1, -0.05) is 29.3 Å². The largest absolute Gasteiger partial charge is 0.507 e. The second-order valence-corrected chi connectivity index (χ2v) is 7.09. The molecule has 0 unspecified atom stereocenters. The van der Waals surface area contributed by atoms with Gasteiger partial charge in [-0.25, -0.2) is 4.79 Å². The Balaban J connectivity index is 2.03. The van der Waals surface area contributed by atoms with Crippen LogP contribution < -0.4 is 5.32 Å². The van der Waals surface area contributed by atoms with Crippen LogP contribution in [-0.2, 0) is 20.7 Å². The number of ether oxygens (including phenoxy) is 1. The summed E-state index contributed by atoms with van der Waals surface area (Å²) in [5, 5.41) is 21.2. The maximum absolute atomic E-state index is 12.5. The number of piperidine rings is 1. The Bertz CT molecular complexity index is 699. The number of nitrogens with one attached hydrogen (secondary N) is 1. The molecule has 1 heterocycles. The van der Waals surface area contributed by atoms with E-state index >= 15 is 0 Å². The molecule has 0 saturated carbocycles. The van der Waals surface area contributed by atoms with Crippen molar-refractivity contribution >= 4 is 41.2 Å². The van der Waals surface area contributed by atoms with E-state index in [1.54, 1.807) is 18.2 Å².